The van der Waals surface area contributed by atoms with Crippen molar-refractivity contribution in [3.05, 3.63) is 120 Å². The van der Waals surface area contributed by atoms with Crippen molar-refractivity contribution in [2.45, 2.75) is 72.2 Å². The molecular weight excluding hydrogens is 929 g/mol. The number of benzene rings is 4. The molecule has 0 aliphatic carbocycles. The largest absolute Gasteiger partial charge is 0.497 e. The summed E-state index contributed by atoms with van der Waals surface area (Å²) in [5, 5.41) is 58.1. The van der Waals surface area contributed by atoms with Gasteiger partial charge < -0.3 is 51.2 Å². The summed E-state index contributed by atoms with van der Waals surface area (Å²) in [7, 11) is 3.24. The van der Waals surface area contributed by atoms with Gasteiger partial charge in [0.2, 0.25) is 11.8 Å². The fraction of sp³-hybridized carbons (Fsp3) is 0.385. The van der Waals surface area contributed by atoms with Crippen molar-refractivity contribution >= 4 is 68.5 Å². The van der Waals surface area contributed by atoms with Crippen molar-refractivity contribution in [3.8, 4) is 11.5 Å². The Labute approximate surface area is 415 Å². The number of ether oxygens (including phenoxy) is 2. The zero-order valence-electron chi connectivity index (χ0n) is 39.2. The Hall–Kier alpha value is -5.38. The fourth-order valence-electron chi connectivity index (χ4n) is 9.59. The third-order valence-electron chi connectivity index (χ3n) is 13.4. The number of amides is 2. The summed E-state index contributed by atoms with van der Waals surface area (Å²) in [6.45, 7) is 4.61. The number of hydrogen-bond donors (Lipinski definition) is 8. The van der Waals surface area contributed by atoms with Crippen LogP contribution in [0.4, 0.5) is 11.4 Å². The van der Waals surface area contributed by atoms with Crippen LogP contribution in [0.5, 0.6) is 11.5 Å². The molecule has 10 rings (SSSR count). The third-order valence-corrected chi connectivity index (χ3v) is 15.5. The summed E-state index contributed by atoms with van der Waals surface area (Å²) >= 11 is 3.10. The van der Waals surface area contributed by atoms with E-state index in [2.05, 4.69) is 53.2 Å². The molecule has 18 heteroatoms. The zero-order valence-corrected chi connectivity index (χ0v) is 40.8. The predicted molar refractivity (Wildman–Crippen MR) is 273 cm³/mol. The van der Waals surface area contributed by atoms with Gasteiger partial charge in [-0.05, 0) is 121 Å². The van der Waals surface area contributed by atoms with E-state index >= 15 is 0 Å². The molecule has 2 aromatic heterocycles. The topological polar surface area (TPSA) is 214 Å². The number of piperidine rings is 2. The van der Waals surface area contributed by atoms with Gasteiger partial charge in [0.15, 0.2) is 0 Å². The second-order valence-corrected chi connectivity index (χ2v) is 20.2. The molecule has 0 bridgehead atoms. The number of β-amino-alcohol motifs (C(OH)–C–C–N with tert-alkyl or cyclic N) is 4. The van der Waals surface area contributed by atoms with Gasteiger partial charge in [-0.2, -0.15) is 0 Å². The summed E-state index contributed by atoms with van der Waals surface area (Å²) in [6.07, 6.45) is 2.48. The second kappa shape index (κ2) is 22.8. The third kappa shape index (κ3) is 12.0. The quantitative estimate of drug-likeness (QED) is 0.0714. The Morgan fingerprint density at radius 3 is 1.50 bits per heavy atom. The zero-order chi connectivity index (χ0) is 48.7. The summed E-state index contributed by atoms with van der Waals surface area (Å²) < 4.78 is 10.7. The molecule has 0 radical (unpaired) electrons. The SMILES string of the molecule is COc1ccc2nccc([C@@H](O)CN3CC[C@@H](NCc4ccc5c(c4)NC(=O)CS5)[C@H](O)C3)c2c1.COc1ccc2nccc([C@@H](O)CN3CC[C@H](NCc4ccc5c(c4)NC(=O)CS5)[C@@H](O)C3)c2c1. The number of aliphatic hydroxyl groups excluding tert-OH is 4. The highest BCUT2D eigenvalue weighted by Crippen LogP contribution is 2.34. The monoisotopic (exact) mass is 988 g/mol. The number of methoxy groups -OCH3 is 2. The molecule has 6 atom stereocenters. The van der Waals surface area contributed by atoms with Gasteiger partial charge in [0.25, 0.3) is 0 Å². The smallest absolute Gasteiger partial charge is 0.234 e. The number of carbonyl (C=O) groups excluding carboxylic acids is 2. The van der Waals surface area contributed by atoms with E-state index in [0.29, 0.717) is 50.8 Å². The lowest BCUT2D eigenvalue weighted by molar-refractivity contribution is -0.114. The lowest BCUT2D eigenvalue weighted by Crippen LogP contribution is -2.53. The number of rotatable bonds is 14. The first-order valence-electron chi connectivity index (χ1n) is 23.6. The fourth-order valence-corrected chi connectivity index (χ4v) is 11.2. The Kier molecular flexibility index (Phi) is 16.1. The van der Waals surface area contributed by atoms with Crippen molar-refractivity contribution in [1.29, 1.82) is 0 Å². The van der Waals surface area contributed by atoms with Gasteiger partial charge in [0.1, 0.15) is 11.5 Å². The van der Waals surface area contributed by atoms with Crippen molar-refractivity contribution in [1.82, 2.24) is 30.4 Å². The van der Waals surface area contributed by atoms with Crippen molar-refractivity contribution in [3.63, 3.8) is 0 Å². The highest BCUT2D eigenvalue weighted by atomic mass is 32.2. The van der Waals surface area contributed by atoms with E-state index in [4.69, 9.17) is 9.47 Å². The lowest BCUT2D eigenvalue weighted by Gasteiger charge is -2.37. The van der Waals surface area contributed by atoms with Gasteiger partial charge in [0.05, 0.1) is 72.5 Å². The Bertz CT molecular complexity index is 2640. The van der Waals surface area contributed by atoms with Gasteiger partial charge in [-0.3, -0.25) is 29.4 Å². The standard InChI is InChI=1S/2C26H30N4O4S/c2*1-34-17-3-4-20-19(11-17)18(6-8-27-20)23(31)13-30-9-7-21(24(32)14-30)28-12-16-2-5-25-22(10-16)29-26(33)15-35-25/h2*2-6,8,10-11,21,23-24,28,31-32H,7,9,12-15H2,1H3,(H,29,33)/t21-,23+,24-;21-,23-,24-/m10/s1. The predicted octanol–water partition coefficient (Wildman–Crippen LogP) is 5.09. The van der Waals surface area contributed by atoms with Crippen molar-refractivity contribution in [2.75, 3.05) is 75.6 Å². The highest BCUT2D eigenvalue weighted by Gasteiger charge is 2.31. The Morgan fingerprint density at radius 1 is 0.643 bits per heavy atom. The van der Waals surface area contributed by atoms with Gasteiger partial charge in [-0.15, -0.1) is 23.5 Å². The molecule has 8 N–H and O–H groups in total. The highest BCUT2D eigenvalue weighted by molar-refractivity contribution is 8.00. The minimum Gasteiger partial charge on any atom is -0.497 e. The average molecular weight is 989 g/mol. The Balaban J connectivity index is 0.000000174. The van der Waals surface area contributed by atoms with Crippen LogP contribution in [0.3, 0.4) is 0 Å². The molecule has 6 aromatic rings. The van der Waals surface area contributed by atoms with E-state index in [9.17, 15) is 30.0 Å². The number of aliphatic hydroxyl groups is 4. The molecule has 70 heavy (non-hydrogen) atoms. The van der Waals surface area contributed by atoms with E-state index in [-0.39, 0.29) is 23.9 Å². The molecule has 0 spiro atoms. The van der Waals surface area contributed by atoms with Gasteiger partial charge in [-0.25, -0.2) is 0 Å². The first kappa shape index (κ1) is 49.6. The minimum atomic E-state index is -0.701. The molecule has 2 fully saturated rings. The van der Waals surface area contributed by atoms with E-state index in [0.717, 1.165) is 103 Å². The Morgan fingerprint density at radius 2 is 1.09 bits per heavy atom. The maximum absolute atomic E-state index is 11.7. The van der Waals surface area contributed by atoms with Crippen LogP contribution in [0.15, 0.2) is 107 Å². The molecule has 4 aliphatic rings. The maximum atomic E-state index is 11.7. The summed E-state index contributed by atoms with van der Waals surface area (Å²) in [4.78, 5) is 38.5. The van der Waals surface area contributed by atoms with Crippen LogP contribution >= 0.6 is 23.5 Å². The normalized spacial score (nSPS) is 21.4. The number of carbonyl (C=O) groups is 2. The molecule has 6 heterocycles. The molecule has 2 saturated heterocycles. The minimum absolute atomic E-state index is 0.0245. The van der Waals surface area contributed by atoms with Crippen LogP contribution in [0, 0.1) is 0 Å². The summed E-state index contributed by atoms with van der Waals surface area (Å²) in [6, 6.07) is 27.1. The molecule has 368 valence electrons. The van der Waals surface area contributed by atoms with Crippen molar-refractivity contribution in [2.24, 2.45) is 0 Å². The number of likely N-dealkylation sites (tertiary alicyclic amines) is 2. The number of fused-ring (bicyclic) bond motifs is 4. The van der Waals surface area contributed by atoms with Crippen molar-refractivity contribution < 1.29 is 39.5 Å². The van der Waals surface area contributed by atoms with Crippen LogP contribution in [0.1, 0.15) is 47.3 Å². The second-order valence-electron chi connectivity index (χ2n) is 18.1. The lowest BCUT2D eigenvalue weighted by atomic mass is 9.99. The molecule has 0 saturated carbocycles. The maximum Gasteiger partial charge on any atom is 0.234 e. The van der Waals surface area contributed by atoms with Crippen LogP contribution in [0.2, 0.25) is 0 Å². The molecule has 4 aromatic carbocycles. The number of pyridine rings is 2. The van der Waals surface area contributed by atoms with Crippen LogP contribution < -0.4 is 30.7 Å². The number of aromatic nitrogens is 2. The van der Waals surface area contributed by atoms with Gasteiger partial charge >= 0.3 is 0 Å². The van der Waals surface area contributed by atoms with Crippen LogP contribution in [-0.4, -0.2) is 141 Å². The van der Waals surface area contributed by atoms with Gasteiger partial charge in [0, 0.05) is 84.3 Å². The number of hydrogen-bond acceptors (Lipinski definition) is 16. The number of nitrogens with zero attached hydrogens (tertiary/aromatic N) is 4. The first-order valence-corrected chi connectivity index (χ1v) is 25.6. The number of thioether (sulfide) groups is 2. The summed E-state index contributed by atoms with van der Waals surface area (Å²) in [5.74, 6) is 2.40. The average Bonchev–Trinajstić information content (AvgIpc) is 3.37. The summed E-state index contributed by atoms with van der Waals surface area (Å²) in [5.41, 5.74) is 7.08. The van der Waals surface area contributed by atoms with Crippen LogP contribution in [-0.2, 0) is 22.7 Å². The van der Waals surface area contributed by atoms with E-state index < -0.39 is 24.4 Å². The number of anilines is 2. The molecular formula is C52H60N8O8S2. The molecule has 0 unspecified atom stereocenters. The molecule has 4 aliphatic heterocycles. The van der Waals surface area contributed by atoms with E-state index in [1.807, 2.05) is 72.8 Å². The number of nitrogens with one attached hydrogen (secondary N) is 4. The molecule has 16 nitrogen and oxygen atoms in total. The van der Waals surface area contributed by atoms with Crippen LogP contribution in [0.25, 0.3) is 21.8 Å². The van der Waals surface area contributed by atoms with E-state index in [1.54, 1.807) is 50.1 Å². The molecule has 2 amide bonds. The van der Waals surface area contributed by atoms with Gasteiger partial charge in [-0.1, -0.05) is 12.1 Å². The first-order chi connectivity index (χ1) is 34.0. The van der Waals surface area contributed by atoms with E-state index in [1.165, 1.54) is 0 Å².